The van der Waals surface area contributed by atoms with E-state index in [0.717, 1.165) is 23.7 Å². The summed E-state index contributed by atoms with van der Waals surface area (Å²) in [5.74, 6) is 3.61. The first-order valence-electron chi connectivity index (χ1n) is 8.55. The monoisotopic (exact) mass is 298 g/mol. The Morgan fingerprint density at radius 2 is 1.26 bits per heavy atom. The van der Waals surface area contributed by atoms with Crippen molar-refractivity contribution in [3.8, 4) is 0 Å². The molecule has 0 N–H and O–H groups in total. The number of hydrogen-bond acceptors (Lipinski definition) is 0. The molecule has 0 rings (SSSR count). The van der Waals surface area contributed by atoms with Gasteiger partial charge >= 0.3 is 19.3 Å². The van der Waals surface area contributed by atoms with Gasteiger partial charge in [-0.1, -0.05) is 60.3 Å². The van der Waals surface area contributed by atoms with Crippen molar-refractivity contribution in [1.29, 1.82) is 0 Å². The summed E-state index contributed by atoms with van der Waals surface area (Å²) >= 11 is -0.220. The fraction of sp³-hybridized carbons (Fsp3) is 1.00. The highest BCUT2D eigenvalue weighted by Crippen LogP contribution is 2.27. The normalized spacial score (nSPS) is 17.6. The average molecular weight is 299 g/mol. The van der Waals surface area contributed by atoms with Crippen LogP contribution in [0.2, 0.25) is 4.55 Å². The van der Waals surface area contributed by atoms with Crippen LogP contribution >= 0.6 is 9.07 Å². The molecule has 0 aromatic carbocycles. The molecular weight excluding hydrogens is 264 g/mol. The molecule has 0 amide bonds. The molecule has 4 atom stereocenters. The molecule has 19 heavy (non-hydrogen) atoms. The molecule has 0 nitrogen and oxygen atoms in total. The third-order valence-electron chi connectivity index (χ3n) is 4.28. The topological polar surface area (TPSA) is 0 Å². The van der Waals surface area contributed by atoms with Crippen LogP contribution in [-0.4, -0.2) is 19.3 Å². The molecule has 0 heterocycles. The summed E-state index contributed by atoms with van der Waals surface area (Å²) in [6.07, 6.45) is 9.75. The van der Waals surface area contributed by atoms with E-state index in [9.17, 15) is 0 Å². The highest BCUT2D eigenvalue weighted by atomic mass is 35.5. The molecule has 0 saturated carbocycles. The molecule has 0 aliphatic rings. The van der Waals surface area contributed by atoms with Crippen LogP contribution in [0.5, 0.6) is 0 Å². The Bertz CT molecular complexity index is 196. The lowest BCUT2D eigenvalue weighted by Crippen LogP contribution is -2.10. The Kier molecular flexibility index (Phi) is 13.5. The summed E-state index contributed by atoms with van der Waals surface area (Å²) < 4.78 is 1.32. The first-order chi connectivity index (χ1) is 8.99. The number of rotatable bonds is 12. The molecular formula is C17H35ClMg. The molecule has 0 radical (unpaired) electrons. The summed E-state index contributed by atoms with van der Waals surface area (Å²) in [6, 6.07) is 0. The summed E-state index contributed by atoms with van der Waals surface area (Å²) in [6.45, 7) is 12.1. The van der Waals surface area contributed by atoms with Crippen LogP contribution in [0.15, 0.2) is 0 Å². The van der Waals surface area contributed by atoms with Gasteiger partial charge in [-0.25, -0.2) is 0 Å². The lowest BCUT2D eigenvalue weighted by molar-refractivity contribution is 0.295. The minimum absolute atomic E-state index is 0.220. The van der Waals surface area contributed by atoms with E-state index in [1.807, 2.05) is 0 Å². The Balaban J connectivity index is 3.73. The molecule has 0 aromatic rings. The van der Waals surface area contributed by atoms with Gasteiger partial charge in [0.2, 0.25) is 0 Å². The maximum atomic E-state index is 5.87. The molecule has 0 aliphatic carbocycles. The van der Waals surface area contributed by atoms with E-state index in [1.165, 1.54) is 49.5 Å². The van der Waals surface area contributed by atoms with Crippen molar-refractivity contribution in [2.24, 2.45) is 23.7 Å². The van der Waals surface area contributed by atoms with Gasteiger partial charge in [-0.3, -0.25) is 0 Å². The van der Waals surface area contributed by atoms with E-state index in [-0.39, 0.29) is 19.3 Å². The first-order valence-corrected chi connectivity index (χ1v) is 11.7. The van der Waals surface area contributed by atoms with Gasteiger partial charge in [-0.15, -0.1) is 4.55 Å². The fourth-order valence-corrected chi connectivity index (χ4v) is 4.61. The second-order valence-electron chi connectivity index (χ2n) is 7.10. The average Bonchev–Trinajstić information content (AvgIpc) is 2.28. The number of hydrogen-bond donors (Lipinski definition) is 0. The van der Waals surface area contributed by atoms with Crippen LogP contribution < -0.4 is 0 Å². The summed E-state index contributed by atoms with van der Waals surface area (Å²) in [5, 5.41) is 0. The summed E-state index contributed by atoms with van der Waals surface area (Å²) in [7, 11) is 5.87. The smallest absolute Gasteiger partial charge is 0.346 e. The SMILES string of the molecule is CCCC(C)CC(C)CC(C)CC(C)CC[CH2][Mg][Cl]. The molecule has 112 valence electrons. The zero-order valence-electron chi connectivity index (χ0n) is 14.1. The Labute approximate surface area is 136 Å². The van der Waals surface area contributed by atoms with E-state index in [2.05, 4.69) is 34.6 Å². The standard InChI is InChI=1S/C17H35.ClH.Mg/c1-7-9-14(3)11-16(5)13-17(6)12-15(4)10-8-2;;/h14-17H,1,7-13H2,2-6H3;1H;/q;;+1/p-1. The van der Waals surface area contributed by atoms with Gasteiger partial charge in [0.25, 0.3) is 0 Å². The van der Waals surface area contributed by atoms with E-state index in [1.54, 1.807) is 0 Å². The minimum Gasteiger partial charge on any atom is -0.346 e. The quantitative estimate of drug-likeness (QED) is 0.283. The minimum atomic E-state index is -0.220. The van der Waals surface area contributed by atoms with Crippen molar-refractivity contribution in [2.45, 2.75) is 84.1 Å². The van der Waals surface area contributed by atoms with Gasteiger partial charge < -0.3 is 9.07 Å². The summed E-state index contributed by atoms with van der Waals surface area (Å²) in [4.78, 5) is 0. The van der Waals surface area contributed by atoms with Crippen molar-refractivity contribution in [2.75, 3.05) is 0 Å². The second kappa shape index (κ2) is 12.8. The third kappa shape index (κ3) is 12.5. The van der Waals surface area contributed by atoms with Gasteiger partial charge in [0, 0.05) is 0 Å². The van der Waals surface area contributed by atoms with Crippen molar-refractivity contribution in [1.82, 2.24) is 0 Å². The molecule has 0 spiro atoms. The predicted molar refractivity (Wildman–Crippen MR) is 91.1 cm³/mol. The van der Waals surface area contributed by atoms with Crippen molar-refractivity contribution >= 4 is 28.3 Å². The maximum absolute atomic E-state index is 5.87. The van der Waals surface area contributed by atoms with Crippen LogP contribution in [0.25, 0.3) is 0 Å². The van der Waals surface area contributed by atoms with Gasteiger partial charge in [0.05, 0.1) is 0 Å². The van der Waals surface area contributed by atoms with E-state index in [4.69, 9.17) is 9.07 Å². The molecule has 0 bridgehead atoms. The fourth-order valence-electron chi connectivity index (χ4n) is 3.57. The van der Waals surface area contributed by atoms with Crippen LogP contribution in [0.1, 0.15) is 79.6 Å². The molecule has 0 aliphatic heterocycles. The van der Waals surface area contributed by atoms with Crippen molar-refractivity contribution in [3.63, 3.8) is 0 Å². The van der Waals surface area contributed by atoms with Gasteiger partial charge in [-0.05, 0) is 42.9 Å². The molecule has 4 unspecified atom stereocenters. The highest BCUT2D eigenvalue weighted by Gasteiger charge is 2.14. The van der Waals surface area contributed by atoms with E-state index < -0.39 is 0 Å². The lowest BCUT2D eigenvalue weighted by Gasteiger charge is -2.22. The van der Waals surface area contributed by atoms with Gasteiger partial charge in [-0.2, -0.15) is 0 Å². The third-order valence-corrected chi connectivity index (χ3v) is 5.85. The number of halogens is 1. The van der Waals surface area contributed by atoms with Crippen LogP contribution in [0.4, 0.5) is 0 Å². The Morgan fingerprint density at radius 1 is 0.789 bits per heavy atom. The van der Waals surface area contributed by atoms with Gasteiger partial charge in [0.15, 0.2) is 0 Å². The highest BCUT2D eigenvalue weighted by molar-refractivity contribution is 6.93. The van der Waals surface area contributed by atoms with Crippen molar-refractivity contribution in [3.05, 3.63) is 0 Å². The largest absolute Gasteiger partial charge is 0.501 e. The zero-order chi connectivity index (χ0) is 14.7. The van der Waals surface area contributed by atoms with E-state index in [0.29, 0.717) is 0 Å². The predicted octanol–water partition coefficient (Wildman–Crippen LogP) is 6.56. The lowest BCUT2D eigenvalue weighted by atomic mass is 9.84. The van der Waals surface area contributed by atoms with Gasteiger partial charge in [0.1, 0.15) is 0 Å². The van der Waals surface area contributed by atoms with Crippen molar-refractivity contribution < 1.29 is 0 Å². The molecule has 0 saturated heterocycles. The zero-order valence-corrected chi connectivity index (χ0v) is 16.2. The molecule has 2 heteroatoms. The second-order valence-corrected chi connectivity index (χ2v) is 9.32. The first kappa shape index (κ1) is 20.1. The Morgan fingerprint density at radius 3 is 1.74 bits per heavy atom. The summed E-state index contributed by atoms with van der Waals surface area (Å²) in [5.41, 5.74) is 0. The van der Waals surface area contributed by atoms with Crippen LogP contribution in [-0.2, 0) is 0 Å². The van der Waals surface area contributed by atoms with E-state index >= 15 is 0 Å². The Hall–Kier alpha value is 1.06. The van der Waals surface area contributed by atoms with Crippen LogP contribution in [0, 0.1) is 23.7 Å². The van der Waals surface area contributed by atoms with Crippen LogP contribution in [0.3, 0.4) is 0 Å². The maximum Gasteiger partial charge on any atom is 0.501 e. The molecule has 0 aromatic heterocycles. The molecule has 0 fully saturated rings.